The first-order valence-electron chi connectivity index (χ1n) is 5.56. The van der Waals surface area contributed by atoms with Crippen molar-refractivity contribution in [3.63, 3.8) is 0 Å². The summed E-state index contributed by atoms with van der Waals surface area (Å²) in [6.45, 7) is 1.77. The van der Waals surface area contributed by atoms with E-state index in [0.717, 1.165) is 5.56 Å². The van der Waals surface area contributed by atoms with Gasteiger partial charge in [-0.1, -0.05) is 6.07 Å². The van der Waals surface area contributed by atoms with Crippen molar-refractivity contribution in [2.24, 2.45) is 0 Å². The molecular weight excluding hydrogens is 233 g/mol. The molecular formula is C14H14FNO2. The number of aromatic nitrogens is 1. The van der Waals surface area contributed by atoms with Crippen molar-refractivity contribution in [1.29, 1.82) is 0 Å². The van der Waals surface area contributed by atoms with Crippen LogP contribution in [0.2, 0.25) is 0 Å². The minimum Gasteiger partial charge on any atom is -0.495 e. The number of aryl methyl sites for hydroxylation is 1. The van der Waals surface area contributed by atoms with Crippen LogP contribution in [0.15, 0.2) is 36.5 Å². The van der Waals surface area contributed by atoms with Gasteiger partial charge in [-0.2, -0.15) is 0 Å². The predicted octanol–water partition coefficient (Wildman–Crippen LogP) is 2.62. The Kier molecular flexibility index (Phi) is 3.58. The van der Waals surface area contributed by atoms with Gasteiger partial charge in [0.25, 0.3) is 0 Å². The smallest absolute Gasteiger partial charge is 0.143 e. The second-order valence-corrected chi connectivity index (χ2v) is 4.06. The van der Waals surface area contributed by atoms with Crippen molar-refractivity contribution >= 4 is 0 Å². The average Bonchev–Trinajstić information content (AvgIpc) is 2.36. The predicted molar refractivity (Wildman–Crippen MR) is 66.0 cm³/mol. The summed E-state index contributed by atoms with van der Waals surface area (Å²) < 4.78 is 18.5. The van der Waals surface area contributed by atoms with Crippen LogP contribution in [0, 0.1) is 12.7 Å². The van der Waals surface area contributed by atoms with Crippen LogP contribution in [-0.4, -0.2) is 17.2 Å². The standard InChI is InChI=1S/C14H14FNO2/c1-9-6-10(8-11(15)7-9)14(17)13-12(18-2)4-3-5-16-13/h3-8,14,17H,1-2H3. The molecule has 0 saturated carbocycles. The highest BCUT2D eigenvalue weighted by Crippen LogP contribution is 2.28. The van der Waals surface area contributed by atoms with Gasteiger partial charge in [0.1, 0.15) is 23.4 Å². The van der Waals surface area contributed by atoms with Crippen LogP contribution in [0.25, 0.3) is 0 Å². The van der Waals surface area contributed by atoms with Crippen LogP contribution < -0.4 is 4.74 Å². The van der Waals surface area contributed by atoms with Gasteiger partial charge in [-0.25, -0.2) is 4.39 Å². The molecule has 94 valence electrons. The number of aliphatic hydroxyl groups excluding tert-OH is 1. The van der Waals surface area contributed by atoms with E-state index >= 15 is 0 Å². The van der Waals surface area contributed by atoms with E-state index in [1.54, 1.807) is 31.3 Å². The lowest BCUT2D eigenvalue weighted by molar-refractivity contribution is 0.208. The van der Waals surface area contributed by atoms with E-state index in [2.05, 4.69) is 4.98 Å². The highest BCUT2D eigenvalue weighted by molar-refractivity contribution is 5.36. The largest absolute Gasteiger partial charge is 0.495 e. The van der Waals surface area contributed by atoms with E-state index in [4.69, 9.17) is 4.74 Å². The summed E-state index contributed by atoms with van der Waals surface area (Å²) in [4.78, 5) is 4.09. The van der Waals surface area contributed by atoms with E-state index < -0.39 is 6.10 Å². The maximum atomic E-state index is 13.3. The molecule has 1 unspecified atom stereocenters. The Balaban J connectivity index is 2.44. The van der Waals surface area contributed by atoms with E-state index in [1.807, 2.05) is 0 Å². The first-order chi connectivity index (χ1) is 8.61. The quantitative estimate of drug-likeness (QED) is 0.906. The van der Waals surface area contributed by atoms with Gasteiger partial charge in [0.05, 0.1) is 7.11 Å². The van der Waals surface area contributed by atoms with Crippen LogP contribution in [0.3, 0.4) is 0 Å². The number of pyridine rings is 1. The molecule has 1 aromatic heterocycles. The van der Waals surface area contributed by atoms with E-state index in [1.165, 1.54) is 19.2 Å². The van der Waals surface area contributed by atoms with Gasteiger partial charge in [0.15, 0.2) is 0 Å². The van der Waals surface area contributed by atoms with Gasteiger partial charge in [-0.3, -0.25) is 4.98 Å². The lowest BCUT2D eigenvalue weighted by atomic mass is 10.0. The first-order valence-corrected chi connectivity index (χ1v) is 5.56. The zero-order chi connectivity index (χ0) is 13.1. The molecule has 2 aromatic rings. The maximum absolute atomic E-state index is 13.3. The molecule has 4 heteroatoms. The van der Waals surface area contributed by atoms with Gasteiger partial charge >= 0.3 is 0 Å². The summed E-state index contributed by atoms with van der Waals surface area (Å²) in [5.41, 5.74) is 1.59. The number of nitrogens with zero attached hydrogens (tertiary/aromatic N) is 1. The maximum Gasteiger partial charge on any atom is 0.143 e. The third-order valence-electron chi connectivity index (χ3n) is 2.66. The molecule has 0 radical (unpaired) electrons. The Bertz CT molecular complexity index is 537. The number of hydrogen-bond acceptors (Lipinski definition) is 3. The summed E-state index contributed by atoms with van der Waals surface area (Å²) >= 11 is 0. The minimum atomic E-state index is -1.00. The SMILES string of the molecule is COc1cccnc1C(O)c1cc(C)cc(F)c1. The lowest BCUT2D eigenvalue weighted by Gasteiger charge is -2.14. The zero-order valence-corrected chi connectivity index (χ0v) is 10.2. The fourth-order valence-corrected chi connectivity index (χ4v) is 1.86. The van der Waals surface area contributed by atoms with Crippen LogP contribution in [0.1, 0.15) is 22.9 Å². The van der Waals surface area contributed by atoms with Crippen LogP contribution in [0.4, 0.5) is 4.39 Å². The monoisotopic (exact) mass is 247 g/mol. The Morgan fingerprint density at radius 1 is 1.33 bits per heavy atom. The molecule has 1 atom stereocenters. The number of benzene rings is 1. The van der Waals surface area contributed by atoms with E-state index in [0.29, 0.717) is 17.0 Å². The van der Waals surface area contributed by atoms with Gasteiger partial charge < -0.3 is 9.84 Å². The summed E-state index contributed by atoms with van der Waals surface area (Å²) in [7, 11) is 1.50. The minimum absolute atomic E-state index is 0.376. The van der Waals surface area contributed by atoms with Gasteiger partial charge in [-0.15, -0.1) is 0 Å². The van der Waals surface area contributed by atoms with Crippen LogP contribution in [-0.2, 0) is 0 Å². The topological polar surface area (TPSA) is 42.4 Å². The van der Waals surface area contributed by atoms with E-state index in [9.17, 15) is 9.50 Å². The first kappa shape index (κ1) is 12.5. The number of ether oxygens (including phenoxy) is 1. The highest BCUT2D eigenvalue weighted by atomic mass is 19.1. The Labute approximate surface area is 105 Å². The number of halogens is 1. The Hall–Kier alpha value is -1.94. The second kappa shape index (κ2) is 5.14. The second-order valence-electron chi connectivity index (χ2n) is 4.06. The molecule has 0 saturated heterocycles. The summed E-state index contributed by atoms with van der Waals surface area (Å²) in [6.07, 6.45) is 0.559. The summed E-state index contributed by atoms with van der Waals surface area (Å²) in [5.74, 6) is 0.103. The number of hydrogen-bond donors (Lipinski definition) is 1. The molecule has 2 rings (SSSR count). The lowest BCUT2D eigenvalue weighted by Crippen LogP contribution is -2.05. The fraction of sp³-hybridized carbons (Fsp3) is 0.214. The van der Waals surface area contributed by atoms with Gasteiger partial charge in [0.2, 0.25) is 0 Å². The van der Waals surface area contributed by atoms with Crippen LogP contribution in [0.5, 0.6) is 5.75 Å². The molecule has 1 N–H and O–H groups in total. The molecule has 1 aromatic carbocycles. The van der Waals surface area contributed by atoms with Crippen molar-refractivity contribution in [3.8, 4) is 5.75 Å². The van der Waals surface area contributed by atoms with E-state index in [-0.39, 0.29) is 5.82 Å². The molecule has 0 bridgehead atoms. The fourth-order valence-electron chi connectivity index (χ4n) is 1.86. The van der Waals surface area contributed by atoms with Crippen LogP contribution >= 0.6 is 0 Å². The number of methoxy groups -OCH3 is 1. The van der Waals surface area contributed by atoms with Gasteiger partial charge in [0, 0.05) is 6.20 Å². The summed E-state index contributed by atoms with van der Waals surface area (Å²) in [6, 6.07) is 7.85. The third-order valence-corrected chi connectivity index (χ3v) is 2.66. The Morgan fingerprint density at radius 3 is 2.78 bits per heavy atom. The van der Waals surface area contributed by atoms with Crippen molar-refractivity contribution in [2.75, 3.05) is 7.11 Å². The normalized spacial score (nSPS) is 12.2. The van der Waals surface area contributed by atoms with Crippen molar-refractivity contribution in [1.82, 2.24) is 4.98 Å². The molecule has 0 spiro atoms. The molecule has 0 fully saturated rings. The summed E-state index contributed by atoms with van der Waals surface area (Å²) in [5, 5.41) is 10.2. The number of aliphatic hydroxyl groups is 1. The van der Waals surface area contributed by atoms with Crippen molar-refractivity contribution in [3.05, 3.63) is 59.2 Å². The molecule has 0 amide bonds. The van der Waals surface area contributed by atoms with Crippen molar-refractivity contribution < 1.29 is 14.2 Å². The number of rotatable bonds is 3. The Morgan fingerprint density at radius 2 is 2.11 bits per heavy atom. The molecule has 0 aliphatic carbocycles. The zero-order valence-electron chi connectivity index (χ0n) is 10.2. The van der Waals surface area contributed by atoms with Gasteiger partial charge in [-0.05, 0) is 42.3 Å². The molecule has 18 heavy (non-hydrogen) atoms. The molecule has 1 heterocycles. The highest BCUT2D eigenvalue weighted by Gasteiger charge is 2.17. The molecule has 0 aliphatic rings. The molecule has 0 aliphatic heterocycles. The third kappa shape index (κ3) is 2.49. The average molecular weight is 247 g/mol. The van der Waals surface area contributed by atoms with Crippen molar-refractivity contribution in [2.45, 2.75) is 13.0 Å². The molecule has 3 nitrogen and oxygen atoms in total.